The molecule has 8 heteroatoms. The minimum atomic E-state index is 0.0538. The first-order valence-corrected chi connectivity index (χ1v) is 11.3. The number of nitrogens with one attached hydrogen (secondary N) is 1. The smallest absolute Gasteiger partial charge is 0.223 e. The zero-order valence-corrected chi connectivity index (χ0v) is 19.2. The molecule has 3 heterocycles. The van der Waals surface area contributed by atoms with Crippen molar-refractivity contribution in [1.29, 1.82) is 0 Å². The molecule has 1 aliphatic rings. The molecule has 1 saturated heterocycles. The number of hydrogen-bond acceptors (Lipinski definition) is 7. The number of nitrogens with zero attached hydrogens (tertiary/aromatic N) is 2. The molecular formula is C25H29N3O5. The van der Waals surface area contributed by atoms with Crippen LogP contribution in [-0.2, 0) is 4.79 Å². The maximum Gasteiger partial charge on any atom is 0.223 e. The van der Waals surface area contributed by atoms with E-state index in [1.54, 1.807) is 6.20 Å². The average Bonchev–Trinajstić information content (AvgIpc) is 3.24. The fourth-order valence-electron chi connectivity index (χ4n) is 3.82. The van der Waals surface area contributed by atoms with Gasteiger partial charge in [0.1, 0.15) is 0 Å². The Labute approximate surface area is 193 Å². The van der Waals surface area contributed by atoms with Crippen LogP contribution >= 0.6 is 0 Å². The Kier molecular flexibility index (Phi) is 7.12. The summed E-state index contributed by atoms with van der Waals surface area (Å²) in [5.41, 5.74) is 2.25. The molecule has 0 saturated carbocycles. The summed E-state index contributed by atoms with van der Waals surface area (Å²) in [4.78, 5) is 20.9. The second-order valence-electron chi connectivity index (χ2n) is 7.67. The summed E-state index contributed by atoms with van der Waals surface area (Å²) < 4.78 is 23.6. The van der Waals surface area contributed by atoms with E-state index in [1.807, 2.05) is 51.1 Å². The molecule has 8 nitrogen and oxygen atoms in total. The average molecular weight is 452 g/mol. The van der Waals surface area contributed by atoms with Gasteiger partial charge in [-0.15, -0.1) is 0 Å². The molecule has 1 atom stereocenters. The quantitative estimate of drug-likeness (QED) is 0.498. The van der Waals surface area contributed by atoms with Crippen LogP contribution in [0.25, 0.3) is 22.2 Å². The Hall–Kier alpha value is -3.55. The first-order valence-electron chi connectivity index (χ1n) is 11.3. The number of hydrogen-bond donors (Lipinski definition) is 1. The molecule has 1 amide bonds. The standard InChI is InChI=1S/C25H29N3O5/c1-4-30-21-11-17(12-22(31-5-2)24(21)32-6-3)19-13-20-18(8-7-9-26-20)25(28-19)33-15-16-10-23(29)27-14-16/h7-9,11-13,16H,4-6,10,14-15H2,1-3H3,(H,27,29). The number of carbonyl (C=O) groups excluding carboxylic acids is 1. The molecule has 1 unspecified atom stereocenters. The number of fused-ring (bicyclic) bond motifs is 1. The van der Waals surface area contributed by atoms with Crippen molar-refractivity contribution in [3.63, 3.8) is 0 Å². The summed E-state index contributed by atoms with van der Waals surface area (Å²) >= 11 is 0. The molecule has 1 N–H and O–H groups in total. The van der Waals surface area contributed by atoms with E-state index in [0.717, 1.165) is 16.5 Å². The first-order chi connectivity index (χ1) is 16.1. The minimum absolute atomic E-state index is 0.0538. The van der Waals surface area contributed by atoms with Gasteiger partial charge >= 0.3 is 0 Å². The maximum absolute atomic E-state index is 11.5. The lowest BCUT2D eigenvalue weighted by atomic mass is 10.1. The number of ether oxygens (including phenoxy) is 4. The lowest BCUT2D eigenvalue weighted by Gasteiger charge is -2.18. The van der Waals surface area contributed by atoms with E-state index in [4.69, 9.17) is 23.9 Å². The van der Waals surface area contributed by atoms with Gasteiger partial charge in [0.25, 0.3) is 0 Å². The van der Waals surface area contributed by atoms with E-state index in [1.165, 1.54) is 0 Å². The Balaban J connectivity index is 1.76. The topological polar surface area (TPSA) is 91.8 Å². The van der Waals surface area contributed by atoms with E-state index >= 15 is 0 Å². The fourth-order valence-corrected chi connectivity index (χ4v) is 3.82. The van der Waals surface area contributed by atoms with Crippen LogP contribution in [0, 0.1) is 5.92 Å². The normalized spacial score (nSPS) is 15.4. The molecular weight excluding hydrogens is 422 g/mol. The molecule has 1 fully saturated rings. The highest BCUT2D eigenvalue weighted by Crippen LogP contribution is 2.42. The predicted molar refractivity (Wildman–Crippen MR) is 125 cm³/mol. The molecule has 1 aliphatic heterocycles. The van der Waals surface area contributed by atoms with E-state index in [0.29, 0.717) is 68.2 Å². The van der Waals surface area contributed by atoms with Crippen LogP contribution in [-0.4, -0.2) is 48.8 Å². The van der Waals surface area contributed by atoms with Crippen LogP contribution in [0.15, 0.2) is 36.5 Å². The van der Waals surface area contributed by atoms with Gasteiger partial charge in [-0.25, -0.2) is 4.98 Å². The number of amides is 1. The second kappa shape index (κ2) is 10.4. The Morgan fingerprint density at radius 3 is 2.36 bits per heavy atom. The van der Waals surface area contributed by atoms with Gasteiger partial charge in [-0.1, -0.05) is 0 Å². The monoisotopic (exact) mass is 451 g/mol. The fraction of sp³-hybridized carbons (Fsp3) is 0.400. The number of pyridine rings is 2. The molecule has 0 spiro atoms. The SMILES string of the molecule is CCOc1cc(-c2cc3ncccc3c(OCC3CNC(=O)C3)n2)cc(OCC)c1OCC. The molecule has 0 aliphatic carbocycles. The van der Waals surface area contributed by atoms with Gasteiger partial charge in [0.05, 0.1) is 43.0 Å². The molecule has 0 bridgehead atoms. The van der Waals surface area contributed by atoms with E-state index in [2.05, 4.69) is 10.3 Å². The highest BCUT2D eigenvalue weighted by molar-refractivity contribution is 5.87. The van der Waals surface area contributed by atoms with Gasteiger partial charge in [-0.05, 0) is 51.1 Å². The Bertz CT molecular complexity index is 1110. The third-order valence-electron chi connectivity index (χ3n) is 5.29. The summed E-state index contributed by atoms with van der Waals surface area (Å²) in [5, 5.41) is 3.66. The van der Waals surface area contributed by atoms with Crippen molar-refractivity contribution in [3.05, 3.63) is 36.5 Å². The van der Waals surface area contributed by atoms with Crippen LogP contribution in [0.3, 0.4) is 0 Å². The van der Waals surface area contributed by atoms with Crippen LogP contribution in [0.4, 0.5) is 0 Å². The Morgan fingerprint density at radius 2 is 1.73 bits per heavy atom. The summed E-state index contributed by atoms with van der Waals surface area (Å²) in [7, 11) is 0. The second-order valence-corrected chi connectivity index (χ2v) is 7.67. The van der Waals surface area contributed by atoms with Gasteiger partial charge in [-0.3, -0.25) is 9.78 Å². The third-order valence-corrected chi connectivity index (χ3v) is 5.29. The summed E-state index contributed by atoms with van der Waals surface area (Å²) in [6, 6.07) is 9.51. The first kappa shape index (κ1) is 22.6. The van der Waals surface area contributed by atoms with Crippen LogP contribution in [0.5, 0.6) is 23.1 Å². The van der Waals surface area contributed by atoms with Crippen molar-refractivity contribution in [3.8, 4) is 34.4 Å². The molecule has 2 aromatic heterocycles. The molecule has 1 aromatic carbocycles. The Morgan fingerprint density at radius 1 is 1.00 bits per heavy atom. The van der Waals surface area contributed by atoms with Crippen LogP contribution in [0.2, 0.25) is 0 Å². The largest absolute Gasteiger partial charge is 0.490 e. The minimum Gasteiger partial charge on any atom is -0.490 e. The number of rotatable bonds is 10. The van der Waals surface area contributed by atoms with E-state index in [-0.39, 0.29) is 11.8 Å². The van der Waals surface area contributed by atoms with Crippen molar-refractivity contribution in [2.24, 2.45) is 5.92 Å². The van der Waals surface area contributed by atoms with Crippen molar-refractivity contribution in [2.45, 2.75) is 27.2 Å². The van der Waals surface area contributed by atoms with Gasteiger partial charge in [0.2, 0.25) is 17.5 Å². The summed E-state index contributed by atoms with van der Waals surface area (Å²) in [5.74, 6) is 2.44. The van der Waals surface area contributed by atoms with Crippen LogP contribution in [0.1, 0.15) is 27.2 Å². The lowest BCUT2D eigenvalue weighted by Crippen LogP contribution is -2.17. The molecule has 174 valence electrons. The number of carbonyl (C=O) groups is 1. The van der Waals surface area contributed by atoms with Crippen molar-refractivity contribution < 1.29 is 23.7 Å². The van der Waals surface area contributed by atoms with Crippen molar-refractivity contribution in [1.82, 2.24) is 15.3 Å². The molecule has 33 heavy (non-hydrogen) atoms. The van der Waals surface area contributed by atoms with Crippen molar-refractivity contribution in [2.75, 3.05) is 33.0 Å². The highest BCUT2D eigenvalue weighted by Gasteiger charge is 2.23. The van der Waals surface area contributed by atoms with Gasteiger partial charge < -0.3 is 24.3 Å². The molecule has 4 rings (SSSR count). The zero-order valence-electron chi connectivity index (χ0n) is 19.2. The number of aromatic nitrogens is 2. The zero-order chi connectivity index (χ0) is 23.2. The maximum atomic E-state index is 11.5. The van der Waals surface area contributed by atoms with Crippen molar-refractivity contribution >= 4 is 16.8 Å². The van der Waals surface area contributed by atoms with Gasteiger partial charge in [0.15, 0.2) is 11.5 Å². The molecule has 0 radical (unpaired) electrons. The lowest BCUT2D eigenvalue weighted by molar-refractivity contribution is -0.119. The predicted octanol–water partition coefficient (Wildman–Crippen LogP) is 4.01. The van der Waals surface area contributed by atoms with E-state index < -0.39 is 0 Å². The van der Waals surface area contributed by atoms with Gasteiger partial charge in [-0.2, -0.15) is 0 Å². The summed E-state index contributed by atoms with van der Waals surface area (Å²) in [6.07, 6.45) is 2.20. The molecule has 3 aromatic rings. The number of benzene rings is 1. The summed E-state index contributed by atoms with van der Waals surface area (Å²) in [6.45, 7) is 8.26. The third kappa shape index (κ3) is 5.10. The van der Waals surface area contributed by atoms with Crippen LogP contribution < -0.4 is 24.3 Å². The van der Waals surface area contributed by atoms with E-state index in [9.17, 15) is 4.79 Å². The highest BCUT2D eigenvalue weighted by atomic mass is 16.5. The van der Waals surface area contributed by atoms with Gasteiger partial charge in [0, 0.05) is 30.6 Å².